The molecule has 0 rings (SSSR count). The minimum atomic E-state index is -1.06. The quantitative estimate of drug-likeness (QED) is 0.460. The maximum absolute atomic E-state index is 13.4. The van der Waals surface area contributed by atoms with Crippen molar-refractivity contribution in [3.8, 4) is 0 Å². The SMILES string of the molecule is CCCCCCC[C@@H](F)[C@H](C)C(=O)OC. The molecule has 0 aliphatic heterocycles. The van der Waals surface area contributed by atoms with Crippen molar-refractivity contribution >= 4 is 5.97 Å². The van der Waals surface area contributed by atoms with Gasteiger partial charge in [0.15, 0.2) is 0 Å². The highest BCUT2D eigenvalue weighted by atomic mass is 19.1. The van der Waals surface area contributed by atoms with Gasteiger partial charge in [-0.25, -0.2) is 4.39 Å². The Morgan fingerprint density at radius 3 is 2.40 bits per heavy atom. The molecule has 0 aliphatic rings. The van der Waals surface area contributed by atoms with Crippen molar-refractivity contribution in [2.24, 2.45) is 5.92 Å². The number of hydrogen-bond acceptors (Lipinski definition) is 2. The molecule has 0 saturated heterocycles. The van der Waals surface area contributed by atoms with Gasteiger partial charge in [-0.3, -0.25) is 4.79 Å². The monoisotopic (exact) mass is 218 g/mol. The van der Waals surface area contributed by atoms with Crippen LogP contribution in [0.2, 0.25) is 0 Å². The topological polar surface area (TPSA) is 26.3 Å². The van der Waals surface area contributed by atoms with Crippen LogP contribution in [-0.4, -0.2) is 19.3 Å². The fraction of sp³-hybridized carbons (Fsp3) is 0.917. The van der Waals surface area contributed by atoms with Gasteiger partial charge in [0.05, 0.1) is 13.0 Å². The van der Waals surface area contributed by atoms with E-state index in [2.05, 4.69) is 11.7 Å². The molecule has 0 aliphatic carbocycles. The summed E-state index contributed by atoms with van der Waals surface area (Å²) in [4.78, 5) is 11.0. The molecule has 2 nitrogen and oxygen atoms in total. The van der Waals surface area contributed by atoms with E-state index in [1.165, 1.54) is 20.0 Å². The predicted molar refractivity (Wildman–Crippen MR) is 59.5 cm³/mol. The van der Waals surface area contributed by atoms with Gasteiger partial charge in [-0.15, -0.1) is 0 Å². The summed E-state index contributed by atoms with van der Waals surface area (Å²) >= 11 is 0. The summed E-state index contributed by atoms with van der Waals surface area (Å²) in [6, 6.07) is 0. The van der Waals surface area contributed by atoms with Crippen molar-refractivity contribution in [1.29, 1.82) is 0 Å². The third-order valence-corrected chi connectivity index (χ3v) is 2.70. The fourth-order valence-electron chi connectivity index (χ4n) is 1.53. The third-order valence-electron chi connectivity index (χ3n) is 2.70. The van der Waals surface area contributed by atoms with Crippen molar-refractivity contribution in [1.82, 2.24) is 0 Å². The van der Waals surface area contributed by atoms with Crippen molar-refractivity contribution in [2.45, 2.75) is 58.5 Å². The number of alkyl halides is 1. The average Bonchev–Trinajstić information content (AvgIpc) is 2.26. The largest absolute Gasteiger partial charge is 0.469 e. The molecule has 0 aromatic carbocycles. The molecule has 0 spiro atoms. The number of esters is 1. The molecule has 0 N–H and O–H groups in total. The normalized spacial score (nSPS) is 14.7. The molecule has 2 atom stereocenters. The molecule has 90 valence electrons. The predicted octanol–water partition coefficient (Wildman–Crippen LogP) is 3.49. The van der Waals surface area contributed by atoms with Gasteiger partial charge in [0, 0.05) is 0 Å². The van der Waals surface area contributed by atoms with Crippen LogP contribution >= 0.6 is 0 Å². The van der Waals surface area contributed by atoms with Crippen LogP contribution in [0.25, 0.3) is 0 Å². The van der Waals surface area contributed by atoms with Crippen molar-refractivity contribution in [3.63, 3.8) is 0 Å². The van der Waals surface area contributed by atoms with Crippen molar-refractivity contribution in [2.75, 3.05) is 7.11 Å². The summed E-state index contributed by atoms with van der Waals surface area (Å²) in [7, 11) is 1.30. The van der Waals surface area contributed by atoms with Gasteiger partial charge < -0.3 is 4.74 Å². The Balaban J connectivity index is 3.55. The molecule has 0 unspecified atom stereocenters. The van der Waals surface area contributed by atoms with Crippen molar-refractivity contribution < 1.29 is 13.9 Å². The van der Waals surface area contributed by atoms with E-state index in [0.717, 1.165) is 19.3 Å². The zero-order valence-corrected chi connectivity index (χ0v) is 10.1. The summed E-state index contributed by atoms with van der Waals surface area (Å²) in [6.45, 7) is 3.74. The average molecular weight is 218 g/mol. The molecule has 0 aromatic rings. The Hall–Kier alpha value is -0.600. The molecule has 15 heavy (non-hydrogen) atoms. The smallest absolute Gasteiger partial charge is 0.311 e. The van der Waals surface area contributed by atoms with Crippen LogP contribution in [0.5, 0.6) is 0 Å². The lowest BCUT2D eigenvalue weighted by molar-refractivity contribution is -0.147. The van der Waals surface area contributed by atoms with E-state index in [9.17, 15) is 9.18 Å². The van der Waals surface area contributed by atoms with Gasteiger partial charge in [-0.2, -0.15) is 0 Å². The Kier molecular flexibility index (Phi) is 8.34. The Morgan fingerprint density at radius 1 is 1.27 bits per heavy atom. The van der Waals surface area contributed by atoms with Crippen LogP contribution in [-0.2, 0) is 9.53 Å². The van der Waals surface area contributed by atoms with E-state index in [1.54, 1.807) is 6.92 Å². The molecule has 0 aromatic heterocycles. The number of ether oxygens (including phenoxy) is 1. The molecule has 0 radical (unpaired) electrons. The van der Waals surface area contributed by atoms with Crippen LogP contribution in [0.3, 0.4) is 0 Å². The van der Waals surface area contributed by atoms with E-state index < -0.39 is 18.1 Å². The van der Waals surface area contributed by atoms with Gasteiger partial charge >= 0.3 is 5.97 Å². The Labute approximate surface area is 92.2 Å². The van der Waals surface area contributed by atoms with Crippen molar-refractivity contribution in [3.05, 3.63) is 0 Å². The maximum Gasteiger partial charge on any atom is 0.311 e. The third kappa shape index (κ3) is 6.47. The summed E-state index contributed by atoms with van der Waals surface area (Å²) < 4.78 is 17.9. The van der Waals surface area contributed by atoms with Gasteiger partial charge in [0.25, 0.3) is 0 Å². The molecule has 0 heterocycles. The summed E-state index contributed by atoms with van der Waals surface area (Å²) in [5.74, 6) is -1.07. The lowest BCUT2D eigenvalue weighted by Crippen LogP contribution is -2.23. The first-order valence-electron chi connectivity index (χ1n) is 5.85. The molecule has 0 amide bonds. The van der Waals surface area contributed by atoms with E-state index in [1.807, 2.05) is 0 Å². The van der Waals surface area contributed by atoms with E-state index >= 15 is 0 Å². The number of hydrogen-bond donors (Lipinski definition) is 0. The minimum absolute atomic E-state index is 0.448. The highest BCUT2D eigenvalue weighted by molar-refractivity contribution is 5.72. The van der Waals surface area contributed by atoms with Gasteiger partial charge in [0.2, 0.25) is 0 Å². The molecule has 3 heteroatoms. The van der Waals surface area contributed by atoms with Crippen LogP contribution < -0.4 is 0 Å². The lowest BCUT2D eigenvalue weighted by atomic mass is 10.00. The van der Waals surface area contributed by atoms with Gasteiger partial charge in [-0.05, 0) is 13.3 Å². The molecular weight excluding hydrogens is 195 g/mol. The molecular formula is C12H23FO2. The maximum atomic E-state index is 13.4. The first-order valence-corrected chi connectivity index (χ1v) is 5.85. The van der Waals surface area contributed by atoms with Crippen LogP contribution in [0.4, 0.5) is 4.39 Å². The van der Waals surface area contributed by atoms with Crippen LogP contribution in [0.1, 0.15) is 52.4 Å². The second-order valence-corrected chi connectivity index (χ2v) is 4.03. The van der Waals surface area contributed by atoms with E-state index in [0.29, 0.717) is 6.42 Å². The number of unbranched alkanes of at least 4 members (excludes halogenated alkanes) is 4. The first-order chi connectivity index (χ1) is 7.13. The first kappa shape index (κ1) is 14.4. The zero-order chi connectivity index (χ0) is 11.7. The zero-order valence-electron chi connectivity index (χ0n) is 10.1. The number of carbonyl (C=O) groups excluding carboxylic acids is 1. The number of halogens is 1. The highest BCUT2D eigenvalue weighted by Crippen LogP contribution is 2.17. The number of methoxy groups -OCH3 is 1. The van der Waals surface area contributed by atoms with E-state index in [-0.39, 0.29) is 0 Å². The highest BCUT2D eigenvalue weighted by Gasteiger charge is 2.23. The van der Waals surface area contributed by atoms with Gasteiger partial charge in [0.1, 0.15) is 6.17 Å². The van der Waals surface area contributed by atoms with Crippen LogP contribution in [0, 0.1) is 5.92 Å². The minimum Gasteiger partial charge on any atom is -0.469 e. The van der Waals surface area contributed by atoms with Crippen LogP contribution in [0.15, 0.2) is 0 Å². The Morgan fingerprint density at radius 2 is 1.87 bits per heavy atom. The standard InChI is InChI=1S/C12H23FO2/c1-4-5-6-7-8-9-11(13)10(2)12(14)15-3/h10-11H,4-9H2,1-3H3/t10-,11+/m0/s1. The summed E-state index contributed by atoms with van der Waals surface area (Å²) in [6.07, 6.45) is 4.90. The number of rotatable bonds is 8. The van der Waals surface area contributed by atoms with Gasteiger partial charge in [-0.1, -0.05) is 39.0 Å². The second kappa shape index (κ2) is 8.69. The molecule has 0 bridgehead atoms. The fourth-order valence-corrected chi connectivity index (χ4v) is 1.53. The van der Waals surface area contributed by atoms with E-state index in [4.69, 9.17) is 0 Å². The summed E-state index contributed by atoms with van der Waals surface area (Å²) in [5.41, 5.74) is 0. The second-order valence-electron chi connectivity index (χ2n) is 4.03. The molecule has 0 fully saturated rings. The molecule has 0 saturated carbocycles. The Bertz CT molecular complexity index is 171. The summed E-state index contributed by atoms with van der Waals surface area (Å²) in [5, 5.41) is 0. The lowest BCUT2D eigenvalue weighted by Gasteiger charge is -2.13. The number of carbonyl (C=O) groups is 1.